The average Bonchev–Trinajstić information content (AvgIpc) is 2.48. The van der Waals surface area contributed by atoms with Gasteiger partial charge in [0.1, 0.15) is 0 Å². The highest BCUT2D eigenvalue weighted by Crippen LogP contribution is 2.37. The molecule has 0 saturated heterocycles. The molecule has 0 aliphatic heterocycles. The van der Waals surface area contributed by atoms with Crippen molar-refractivity contribution in [2.45, 2.75) is 38.0 Å². The van der Waals surface area contributed by atoms with Crippen LogP contribution in [0.15, 0.2) is 30.3 Å². The number of hydrogen-bond donors (Lipinski definition) is 1. The monoisotopic (exact) mass is 296 g/mol. The number of nitrogens with zero attached hydrogens (tertiary/aromatic N) is 1. The van der Waals surface area contributed by atoms with Crippen molar-refractivity contribution in [3.05, 3.63) is 30.3 Å². The molecule has 3 nitrogen and oxygen atoms in total. The molecule has 0 bridgehead atoms. The second kappa shape index (κ2) is 6.98. The van der Waals surface area contributed by atoms with Gasteiger partial charge in [0.2, 0.25) is 11.8 Å². The van der Waals surface area contributed by atoms with E-state index in [0.717, 1.165) is 5.69 Å². The highest BCUT2D eigenvalue weighted by molar-refractivity contribution is 5.95. The third-order valence-corrected chi connectivity index (χ3v) is 3.99. The second-order valence-electron chi connectivity index (χ2n) is 5.60. The van der Waals surface area contributed by atoms with E-state index in [1.54, 1.807) is 4.90 Å². The van der Waals surface area contributed by atoms with Crippen molar-refractivity contribution < 1.29 is 13.6 Å². The molecule has 0 spiro atoms. The van der Waals surface area contributed by atoms with E-state index in [4.69, 9.17) is 5.73 Å². The Kier molecular flexibility index (Phi) is 5.28. The summed E-state index contributed by atoms with van der Waals surface area (Å²) in [5, 5.41) is 0. The van der Waals surface area contributed by atoms with Crippen LogP contribution in [-0.2, 0) is 4.79 Å². The van der Waals surface area contributed by atoms with Crippen LogP contribution >= 0.6 is 0 Å². The molecule has 0 heterocycles. The first-order valence-corrected chi connectivity index (χ1v) is 7.48. The van der Waals surface area contributed by atoms with E-state index in [2.05, 4.69) is 0 Å². The van der Waals surface area contributed by atoms with Gasteiger partial charge in [-0.2, -0.15) is 0 Å². The summed E-state index contributed by atoms with van der Waals surface area (Å²) in [4.78, 5) is 14.4. The Morgan fingerprint density at radius 1 is 1.24 bits per heavy atom. The van der Waals surface area contributed by atoms with Gasteiger partial charge in [-0.1, -0.05) is 18.2 Å². The molecule has 1 aliphatic carbocycles. The van der Waals surface area contributed by atoms with E-state index in [9.17, 15) is 13.6 Å². The van der Waals surface area contributed by atoms with Crippen LogP contribution in [0.4, 0.5) is 14.5 Å². The quantitative estimate of drug-likeness (QED) is 0.907. The molecule has 1 aromatic carbocycles. The Labute approximate surface area is 124 Å². The van der Waals surface area contributed by atoms with E-state index >= 15 is 0 Å². The van der Waals surface area contributed by atoms with Crippen molar-refractivity contribution >= 4 is 11.6 Å². The van der Waals surface area contributed by atoms with Gasteiger partial charge in [0.05, 0.1) is 0 Å². The first-order chi connectivity index (χ1) is 10.0. The summed E-state index contributed by atoms with van der Waals surface area (Å²) in [5.74, 6) is -2.96. The number of nitrogens with two attached hydrogens (primary N) is 1. The number of alkyl halides is 2. The molecule has 1 amide bonds. The molecule has 116 valence electrons. The lowest BCUT2D eigenvalue weighted by Crippen LogP contribution is -2.40. The molecule has 0 aromatic heterocycles. The first kappa shape index (κ1) is 15.9. The fourth-order valence-electron chi connectivity index (χ4n) is 2.73. The van der Waals surface area contributed by atoms with E-state index in [1.807, 2.05) is 30.3 Å². The van der Waals surface area contributed by atoms with Crippen LogP contribution in [0.5, 0.6) is 0 Å². The molecular formula is C16H22F2N2O. The van der Waals surface area contributed by atoms with Gasteiger partial charge >= 0.3 is 0 Å². The Balaban J connectivity index is 2.08. The Morgan fingerprint density at radius 2 is 1.86 bits per heavy atom. The molecule has 21 heavy (non-hydrogen) atoms. The molecule has 2 N–H and O–H groups in total. The molecule has 0 unspecified atom stereocenters. The highest BCUT2D eigenvalue weighted by Gasteiger charge is 2.38. The molecule has 1 saturated carbocycles. The summed E-state index contributed by atoms with van der Waals surface area (Å²) in [7, 11) is 0. The minimum atomic E-state index is -2.61. The molecule has 0 atom stereocenters. The third-order valence-electron chi connectivity index (χ3n) is 3.99. The lowest BCUT2D eigenvalue weighted by molar-refractivity contribution is -0.126. The van der Waals surface area contributed by atoms with Crippen LogP contribution in [0.1, 0.15) is 32.1 Å². The summed E-state index contributed by atoms with van der Waals surface area (Å²) in [6.45, 7) is 1.03. The topological polar surface area (TPSA) is 46.3 Å². The van der Waals surface area contributed by atoms with Crippen LogP contribution in [0.25, 0.3) is 0 Å². The van der Waals surface area contributed by atoms with Crippen LogP contribution in [-0.4, -0.2) is 24.9 Å². The third kappa shape index (κ3) is 4.24. The number of para-hydroxylation sites is 1. The zero-order valence-corrected chi connectivity index (χ0v) is 12.1. The molecule has 2 rings (SSSR count). The molecular weight excluding hydrogens is 274 g/mol. The second-order valence-corrected chi connectivity index (χ2v) is 5.60. The standard InChI is InChI=1S/C16H22F2N2O/c17-16(18)9-7-13(8-10-16)15(21)20(12-4-11-19)14-5-2-1-3-6-14/h1-3,5-6,13H,4,7-12,19H2. The maximum atomic E-state index is 13.2. The fraction of sp³-hybridized carbons (Fsp3) is 0.562. The summed E-state index contributed by atoms with van der Waals surface area (Å²) in [6, 6.07) is 9.36. The Morgan fingerprint density at radius 3 is 2.43 bits per heavy atom. The largest absolute Gasteiger partial charge is 0.330 e. The van der Waals surface area contributed by atoms with Crippen molar-refractivity contribution in [1.29, 1.82) is 0 Å². The smallest absolute Gasteiger partial charge is 0.248 e. The van der Waals surface area contributed by atoms with Crippen LogP contribution in [0, 0.1) is 5.92 Å². The first-order valence-electron chi connectivity index (χ1n) is 7.48. The lowest BCUT2D eigenvalue weighted by Gasteiger charge is -2.32. The van der Waals surface area contributed by atoms with Gasteiger partial charge in [-0.3, -0.25) is 4.79 Å². The van der Waals surface area contributed by atoms with E-state index in [1.165, 1.54) is 0 Å². The minimum absolute atomic E-state index is 0.0508. The van der Waals surface area contributed by atoms with Crippen molar-refractivity contribution in [3.63, 3.8) is 0 Å². The van der Waals surface area contributed by atoms with Gasteiger partial charge in [-0.25, -0.2) is 8.78 Å². The SMILES string of the molecule is NCCCN(C(=O)C1CCC(F)(F)CC1)c1ccccc1. The molecule has 0 radical (unpaired) electrons. The molecule has 1 aromatic rings. The van der Waals surface area contributed by atoms with Gasteiger partial charge in [0, 0.05) is 31.0 Å². The van der Waals surface area contributed by atoms with Gasteiger partial charge in [0.25, 0.3) is 0 Å². The maximum Gasteiger partial charge on any atom is 0.248 e. The number of anilines is 1. The van der Waals surface area contributed by atoms with E-state index in [-0.39, 0.29) is 37.5 Å². The number of amides is 1. The number of hydrogen-bond acceptors (Lipinski definition) is 2. The van der Waals surface area contributed by atoms with Gasteiger partial charge in [-0.15, -0.1) is 0 Å². The number of carbonyl (C=O) groups excluding carboxylic acids is 1. The molecule has 1 fully saturated rings. The van der Waals surface area contributed by atoms with E-state index in [0.29, 0.717) is 19.5 Å². The Hall–Kier alpha value is -1.49. The predicted molar refractivity (Wildman–Crippen MR) is 79.4 cm³/mol. The van der Waals surface area contributed by atoms with Gasteiger partial charge < -0.3 is 10.6 Å². The zero-order valence-electron chi connectivity index (χ0n) is 12.1. The van der Waals surface area contributed by atoms with Crippen LogP contribution in [0.3, 0.4) is 0 Å². The predicted octanol–water partition coefficient (Wildman–Crippen LogP) is 3.19. The summed E-state index contributed by atoms with van der Waals surface area (Å²) < 4.78 is 26.5. The van der Waals surface area contributed by atoms with Gasteiger partial charge in [0.15, 0.2) is 0 Å². The minimum Gasteiger partial charge on any atom is -0.330 e. The summed E-state index contributed by atoms with van der Waals surface area (Å²) in [5.41, 5.74) is 6.35. The van der Waals surface area contributed by atoms with Crippen LogP contribution < -0.4 is 10.6 Å². The number of halogens is 2. The van der Waals surface area contributed by atoms with Crippen molar-refractivity contribution in [1.82, 2.24) is 0 Å². The van der Waals surface area contributed by atoms with Gasteiger partial charge in [-0.05, 0) is 37.9 Å². The van der Waals surface area contributed by atoms with Crippen molar-refractivity contribution in [2.75, 3.05) is 18.0 Å². The lowest BCUT2D eigenvalue weighted by atomic mass is 9.85. The van der Waals surface area contributed by atoms with Crippen LogP contribution in [0.2, 0.25) is 0 Å². The van der Waals surface area contributed by atoms with Crippen molar-refractivity contribution in [3.8, 4) is 0 Å². The summed E-state index contributed by atoms with van der Waals surface area (Å²) in [6.07, 6.45) is 0.838. The molecule has 1 aliphatic rings. The Bertz CT molecular complexity index is 455. The maximum absolute atomic E-state index is 13.2. The van der Waals surface area contributed by atoms with E-state index < -0.39 is 5.92 Å². The molecule has 5 heteroatoms. The number of carbonyl (C=O) groups is 1. The summed E-state index contributed by atoms with van der Waals surface area (Å²) >= 11 is 0. The normalized spacial score (nSPS) is 18.4. The highest BCUT2D eigenvalue weighted by atomic mass is 19.3. The average molecular weight is 296 g/mol. The number of benzene rings is 1. The number of rotatable bonds is 5. The zero-order chi connectivity index (χ0) is 15.3. The fourth-order valence-corrected chi connectivity index (χ4v) is 2.73. The van der Waals surface area contributed by atoms with Crippen molar-refractivity contribution in [2.24, 2.45) is 11.7 Å².